The average molecular weight is 1070 g/mol. The molecule has 0 aromatic rings. The van der Waals surface area contributed by atoms with Gasteiger partial charge in [0.2, 0.25) is 0 Å². The van der Waals surface area contributed by atoms with Gasteiger partial charge in [-0.25, -0.2) is 0 Å². The molecule has 0 N–H and O–H groups in total. The fourth-order valence-corrected chi connectivity index (χ4v) is 8.78. The first-order valence-electron chi connectivity index (χ1n) is 32.0. The van der Waals surface area contributed by atoms with Gasteiger partial charge in [-0.1, -0.05) is 303 Å². The second-order valence-electron chi connectivity index (χ2n) is 20.9. The van der Waals surface area contributed by atoms with Crippen molar-refractivity contribution in [2.24, 2.45) is 0 Å². The molecule has 6 nitrogen and oxygen atoms in total. The van der Waals surface area contributed by atoms with Crippen LogP contribution in [0, 0.1) is 0 Å². The number of allylic oxidation sites excluding steroid dienone is 19. The highest BCUT2D eigenvalue weighted by molar-refractivity contribution is 5.72. The van der Waals surface area contributed by atoms with Crippen molar-refractivity contribution < 1.29 is 28.6 Å². The molecule has 438 valence electrons. The number of hydrogen-bond acceptors (Lipinski definition) is 6. The Labute approximate surface area is 475 Å². The Balaban J connectivity index is 4.38. The second-order valence-corrected chi connectivity index (χ2v) is 20.9. The van der Waals surface area contributed by atoms with Crippen LogP contribution in [0.25, 0.3) is 0 Å². The van der Waals surface area contributed by atoms with E-state index >= 15 is 0 Å². The van der Waals surface area contributed by atoms with Gasteiger partial charge in [-0.15, -0.1) is 0 Å². The monoisotopic (exact) mass is 1070 g/mol. The van der Waals surface area contributed by atoms with E-state index in [0.717, 1.165) is 103 Å². The third-order valence-corrected chi connectivity index (χ3v) is 13.5. The Kier molecular flexibility index (Phi) is 60.8. The van der Waals surface area contributed by atoms with Gasteiger partial charge in [-0.3, -0.25) is 14.4 Å². The average Bonchev–Trinajstić information content (AvgIpc) is 3.43. The smallest absolute Gasteiger partial charge is 0.309 e. The molecule has 0 radical (unpaired) electrons. The summed E-state index contributed by atoms with van der Waals surface area (Å²) in [4.78, 5) is 38.2. The van der Waals surface area contributed by atoms with Gasteiger partial charge in [0.05, 0.1) is 6.42 Å². The van der Waals surface area contributed by atoms with Crippen molar-refractivity contribution in [2.75, 3.05) is 13.2 Å². The summed E-state index contributed by atoms with van der Waals surface area (Å²) in [7, 11) is 0. The van der Waals surface area contributed by atoms with Crippen molar-refractivity contribution in [3.8, 4) is 0 Å². The second kappa shape index (κ2) is 64.3. The van der Waals surface area contributed by atoms with Gasteiger partial charge < -0.3 is 14.2 Å². The SMILES string of the molecule is CC/C=C\C/C=C\C/C=C\C/C=C\C/C=C\CCCCCCCCCCCCCC(=O)OCC(COC(=O)C/C=C\C/C=C\C/C=C\C/C=C\C/C=C\CC)OC(=O)CCCCCCCCCCCCCCCCCCC. The zero-order valence-electron chi connectivity index (χ0n) is 50.2. The summed E-state index contributed by atoms with van der Waals surface area (Å²) in [5, 5.41) is 0. The Bertz CT molecular complexity index is 1600. The molecule has 0 heterocycles. The Morgan fingerprint density at radius 1 is 0.286 bits per heavy atom. The van der Waals surface area contributed by atoms with Crippen LogP contribution in [-0.2, 0) is 28.6 Å². The van der Waals surface area contributed by atoms with E-state index in [4.69, 9.17) is 14.2 Å². The molecule has 0 rings (SSSR count). The van der Waals surface area contributed by atoms with Crippen molar-refractivity contribution in [1.29, 1.82) is 0 Å². The van der Waals surface area contributed by atoms with Gasteiger partial charge in [-0.05, 0) is 89.9 Å². The van der Waals surface area contributed by atoms with E-state index in [0.29, 0.717) is 12.8 Å². The highest BCUT2D eigenvalue weighted by Crippen LogP contribution is 2.16. The molecule has 0 saturated carbocycles. The van der Waals surface area contributed by atoms with Crippen LogP contribution in [-0.4, -0.2) is 37.2 Å². The molecule has 0 aliphatic heterocycles. The van der Waals surface area contributed by atoms with Crippen LogP contribution in [0.2, 0.25) is 0 Å². The minimum absolute atomic E-state index is 0.109. The third-order valence-electron chi connectivity index (χ3n) is 13.5. The van der Waals surface area contributed by atoms with E-state index in [-0.39, 0.29) is 31.6 Å². The topological polar surface area (TPSA) is 78.9 Å². The largest absolute Gasteiger partial charge is 0.462 e. The lowest BCUT2D eigenvalue weighted by Gasteiger charge is -2.18. The lowest BCUT2D eigenvalue weighted by Crippen LogP contribution is -2.30. The predicted octanol–water partition coefficient (Wildman–Crippen LogP) is 22.0. The summed E-state index contributed by atoms with van der Waals surface area (Å²) in [5.74, 6) is -1.04. The number of esters is 3. The molecule has 0 spiro atoms. The van der Waals surface area contributed by atoms with Gasteiger partial charge >= 0.3 is 17.9 Å². The molecule has 1 atom stereocenters. The Morgan fingerprint density at radius 3 is 0.909 bits per heavy atom. The van der Waals surface area contributed by atoms with Crippen molar-refractivity contribution in [2.45, 2.75) is 297 Å². The summed E-state index contributed by atoms with van der Waals surface area (Å²) in [6.45, 7) is 6.35. The molecule has 0 aromatic carbocycles. The first kappa shape index (κ1) is 72.8. The molecule has 0 saturated heterocycles. The minimum atomic E-state index is -0.821. The van der Waals surface area contributed by atoms with Crippen LogP contribution >= 0.6 is 0 Å². The van der Waals surface area contributed by atoms with E-state index < -0.39 is 12.1 Å². The molecule has 1 unspecified atom stereocenters. The van der Waals surface area contributed by atoms with Crippen LogP contribution in [0.1, 0.15) is 290 Å². The molecule has 0 aliphatic rings. The fourth-order valence-electron chi connectivity index (χ4n) is 8.78. The maximum Gasteiger partial charge on any atom is 0.309 e. The number of rotatable bonds is 57. The van der Waals surface area contributed by atoms with Gasteiger partial charge in [-0.2, -0.15) is 0 Å². The van der Waals surface area contributed by atoms with Gasteiger partial charge in [0.15, 0.2) is 6.10 Å². The standard InChI is InChI=1S/C71H118O6/c1-4-7-10-13-16-19-22-25-28-30-31-32-33-34-35-36-37-38-39-41-43-46-49-52-55-58-61-64-70(73)76-67-68(66-75-69(72)63-60-57-54-51-48-45-42-27-24-21-18-15-12-9-6-3)77-71(74)65-62-59-56-53-50-47-44-40-29-26-23-20-17-14-11-8-5-2/h7,9-10,12,16,18-19,21,25,27-28,31-32,34-35,42,48,51,57,60,68H,4-6,8,11,13-15,17,20,22-24,26,29-30,33,36-41,43-47,49-50,52-56,58-59,61-67H2,1-3H3/b10-7-,12-9-,19-16-,21-18-,28-25-,32-31-,35-34-,42-27-,51-48-,60-57-. The van der Waals surface area contributed by atoms with Crippen molar-refractivity contribution in [3.05, 3.63) is 122 Å². The quantitative estimate of drug-likeness (QED) is 0.0261. The van der Waals surface area contributed by atoms with E-state index in [1.807, 2.05) is 6.08 Å². The van der Waals surface area contributed by atoms with E-state index in [1.54, 1.807) is 6.08 Å². The highest BCUT2D eigenvalue weighted by atomic mass is 16.6. The number of hydrogen-bond donors (Lipinski definition) is 0. The maximum atomic E-state index is 12.9. The fraction of sp³-hybridized carbons (Fsp3) is 0.676. The van der Waals surface area contributed by atoms with E-state index in [1.165, 1.54) is 148 Å². The highest BCUT2D eigenvalue weighted by Gasteiger charge is 2.19. The zero-order chi connectivity index (χ0) is 55.7. The number of carbonyl (C=O) groups is 3. The minimum Gasteiger partial charge on any atom is -0.462 e. The molecule has 0 fully saturated rings. The lowest BCUT2D eigenvalue weighted by atomic mass is 10.0. The summed E-state index contributed by atoms with van der Waals surface area (Å²) in [5.41, 5.74) is 0. The van der Waals surface area contributed by atoms with Crippen molar-refractivity contribution >= 4 is 17.9 Å². The summed E-state index contributed by atoms with van der Waals surface area (Å²) in [6.07, 6.45) is 89.5. The summed E-state index contributed by atoms with van der Waals surface area (Å²) >= 11 is 0. The van der Waals surface area contributed by atoms with Crippen molar-refractivity contribution in [1.82, 2.24) is 0 Å². The Hall–Kier alpha value is -4.19. The molecular formula is C71H118O6. The van der Waals surface area contributed by atoms with Gasteiger partial charge in [0.25, 0.3) is 0 Å². The van der Waals surface area contributed by atoms with Crippen LogP contribution in [0.4, 0.5) is 0 Å². The van der Waals surface area contributed by atoms with Crippen LogP contribution in [0.15, 0.2) is 122 Å². The van der Waals surface area contributed by atoms with Crippen molar-refractivity contribution in [3.63, 3.8) is 0 Å². The molecule has 0 amide bonds. The summed E-state index contributed by atoms with van der Waals surface area (Å²) < 4.78 is 16.8. The third kappa shape index (κ3) is 62.5. The van der Waals surface area contributed by atoms with Crippen LogP contribution in [0.3, 0.4) is 0 Å². The molecule has 6 heteroatoms. The number of carbonyl (C=O) groups excluding carboxylic acids is 3. The molecule has 0 aromatic heterocycles. The maximum absolute atomic E-state index is 12.9. The molecule has 77 heavy (non-hydrogen) atoms. The first-order valence-corrected chi connectivity index (χ1v) is 32.0. The number of unbranched alkanes of at least 4 members (excludes halogenated alkanes) is 27. The van der Waals surface area contributed by atoms with E-state index in [2.05, 4.69) is 130 Å². The van der Waals surface area contributed by atoms with Crippen LogP contribution in [0.5, 0.6) is 0 Å². The van der Waals surface area contributed by atoms with Gasteiger partial charge in [0.1, 0.15) is 13.2 Å². The Morgan fingerprint density at radius 2 is 0.558 bits per heavy atom. The molecular weight excluding hydrogens is 949 g/mol. The zero-order valence-corrected chi connectivity index (χ0v) is 50.2. The molecule has 0 bridgehead atoms. The summed E-state index contributed by atoms with van der Waals surface area (Å²) in [6, 6.07) is 0. The van der Waals surface area contributed by atoms with Crippen LogP contribution < -0.4 is 0 Å². The normalized spacial score (nSPS) is 12.9. The first-order chi connectivity index (χ1) is 38.0. The van der Waals surface area contributed by atoms with E-state index in [9.17, 15) is 14.4 Å². The van der Waals surface area contributed by atoms with Gasteiger partial charge in [0, 0.05) is 12.8 Å². The molecule has 0 aliphatic carbocycles. The number of ether oxygens (including phenoxy) is 3. The lowest BCUT2D eigenvalue weighted by molar-refractivity contribution is -0.166. The predicted molar refractivity (Wildman–Crippen MR) is 334 cm³/mol.